The van der Waals surface area contributed by atoms with Crippen LogP contribution in [0.25, 0.3) is 23.0 Å². The number of benzene rings is 1. The fourth-order valence-corrected chi connectivity index (χ4v) is 1.92. The summed E-state index contributed by atoms with van der Waals surface area (Å²) in [7, 11) is 1.52. The highest BCUT2D eigenvalue weighted by atomic mass is 35.5. The number of methoxy groups -OCH3 is 1. The Bertz CT molecular complexity index is 790. The van der Waals surface area contributed by atoms with E-state index < -0.39 is 0 Å². The summed E-state index contributed by atoms with van der Waals surface area (Å²) >= 11 is 5.86. The molecule has 2 N–H and O–H groups in total. The molecule has 7 nitrogen and oxygen atoms in total. The Labute approximate surface area is 124 Å². The van der Waals surface area contributed by atoms with E-state index in [0.29, 0.717) is 33.7 Å². The molecule has 0 saturated carbocycles. The number of ether oxygens (including phenoxy) is 1. The zero-order chi connectivity index (χ0) is 14.8. The van der Waals surface area contributed by atoms with Crippen LogP contribution >= 0.6 is 11.6 Å². The van der Waals surface area contributed by atoms with E-state index in [9.17, 15) is 0 Å². The summed E-state index contributed by atoms with van der Waals surface area (Å²) in [6.07, 6.45) is 1.36. The maximum Gasteiger partial charge on any atom is 0.260 e. The molecular weight excluding hydrogens is 294 g/mol. The van der Waals surface area contributed by atoms with Gasteiger partial charge in [-0.25, -0.2) is 9.97 Å². The van der Waals surface area contributed by atoms with Crippen molar-refractivity contribution < 1.29 is 9.26 Å². The van der Waals surface area contributed by atoms with Gasteiger partial charge >= 0.3 is 0 Å². The third-order valence-electron chi connectivity index (χ3n) is 2.75. The summed E-state index contributed by atoms with van der Waals surface area (Å²) in [6.45, 7) is 0. The Morgan fingerprint density at radius 3 is 2.86 bits per heavy atom. The molecule has 0 aliphatic heterocycles. The van der Waals surface area contributed by atoms with Crippen molar-refractivity contribution in [2.45, 2.75) is 0 Å². The minimum Gasteiger partial charge on any atom is -0.481 e. The summed E-state index contributed by atoms with van der Waals surface area (Å²) in [5.74, 6) is 1.02. The average molecular weight is 304 g/mol. The molecule has 8 heteroatoms. The van der Waals surface area contributed by atoms with Crippen LogP contribution in [0.5, 0.6) is 5.88 Å². The number of nitrogens with two attached hydrogens (primary N) is 1. The van der Waals surface area contributed by atoms with Crippen molar-refractivity contribution >= 4 is 17.3 Å². The van der Waals surface area contributed by atoms with Crippen LogP contribution in [0.2, 0.25) is 5.02 Å². The fraction of sp³-hybridized carbons (Fsp3) is 0.0769. The van der Waals surface area contributed by atoms with Gasteiger partial charge in [0.1, 0.15) is 12.0 Å². The molecule has 2 heterocycles. The molecule has 0 saturated heterocycles. The monoisotopic (exact) mass is 303 g/mol. The van der Waals surface area contributed by atoms with Crippen molar-refractivity contribution in [3.63, 3.8) is 0 Å². The summed E-state index contributed by atoms with van der Waals surface area (Å²) in [5.41, 5.74) is 7.45. The van der Waals surface area contributed by atoms with Crippen LogP contribution in [0, 0.1) is 0 Å². The highest BCUT2D eigenvalue weighted by Crippen LogP contribution is 2.28. The summed E-state index contributed by atoms with van der Waals surface area (Å²) in [6, 6.07) is 6.65. The zero-order valence-electron chi connectivity index (χ0n) is 10.9. The van der Waals surface area contributed by atoms with Gasteiger partial charge < -0.3 is 15.0 Å². The molecule has 3 aromatic rings. The molecule has 0 bridgehead atoms. The quantitative estimate of drug-likeness (QED) is 0.742. The predicted octanol–water partition coefficient (Wildman–Crippen LogP) is 2.44. The molecule has 0 unspecified atom stereocenters. The smallest absolute Gasteiger partial charge is 0.260 e. The lowest BCUT2D eigenvalue weighted by molar-refractivity contribution is 0.397. The number of nitrogen functional groups attached to an aromatic ring is 1. The SMILES string of the molecule is COc1cc(-c2noc(-c3ccc(Cl)cc3N)n2)ncn1. The van der Waals surface area contributed by atoms with Crippen LogP contribution in [0.3, 0.4) is 0 Å². The van der Waals surface area contributed by atoms with E-state index in [-0.39, 0.29) is 5.89 Å². The van der Waals surface area contributed by atoms with Crippen molar-refractivity contribution in [3.8, 4) is 28.9 Å². The molecule has 0 spiro atoms. The molecular formula is C13H10ClN5O2. The molecule has 0 amide bonds. The molecule has 0 aliphatic rings. The number of rotatable bonds is 3. The van der Waals surface area contributed by atoms with Crippen LogP contribution in [0.4, 0.5) is 5.69 Å². The first-order chi connectivity index (χ1) is 10.2. The first kappa shape index (κ1) is 13.3. The van der Waals surface area contributed by atoms with Crippen LogP contribution in [0.1, 0.15) is 0 Å². The lowest BCUT2D eigenvalue weighted by Gasteiger charge is -2.00. The molecule has 106 valence electrons. The van der Waals surface area contributed by atoms with Gasteiger partial charge in [0.05, 0.1) is 12.7 Å². The number of halogens is 1. The standard InChI is InChI=1S/C13H10ClN5O2/c1-20-11-5-10(16-6-17-11)12-18-13(21-19-12)8-3-2-7(14)4-9(8)15/h2-6H,15H2,1H3. The number of hydrogen-bond acceptors (Lipinski definition) is 7. The van der Waals surface area contributed by atoms with Gasteiger partial charge in [0, 0.05) is 16.8 Å². The number of anilines is 1. The van der Waals surface area contributed by atoms with Crippen LogP contribution in [-0.2, 0) is 0 Å². The molecule has 0 radical (unpaired) electrons. The van der Waals surface area contributed by atoms with Gasteiger partial charge in [0.25, 0.3) is 5.89 Å². The van der Waals surface area contributed by atoms with E-state index in [1.165, 1.54) is 13.4 Å². The zero-order valence-corrected chi connectivity index (χ0v) is 11.7. The predicted molar refractivity (Wildman–Crippen MR) is 76.7 cm³/mol. The van der Waals surface area contributed by atoms with Crippen molar-refractivity contribution in [2.75, 3.05) is 12.8 Å². The van der Waals surface area contributed by atoms with Gasteiger partial charge in [-0.15, -0.1) is 0 Å². The Morgan fingerprint density at radius 2 is 2.10 bits per heavy atom. The lowest BCUT2D eigenvalue weighted by Crippen LogP contribution is -1.92. The third kappa shape index (κ3) is 2.63. The molecule has 0 fully saturated rings. The van der Waals surface area contributed by atoms with Gasteiger partial charge in [0.2, 0.25) is 11.7 Å². The van der Waals surface area contributed by atoms with Crippen molar-refractivity contribution in [2.24, 2.45) is 0 Å². The Hall–Kier alpha value is -2.67. The van der Waals surface area contributed by atoms with Crippen molar-refractivity contribution in [3.05, 3.63) is 35.6 Å². The lowest BCUT2D eigenvalue weighted by atomic mass is 10.2. The van der Waals surface area contributed by atoms with Crippen LogP contribution in [0.15, 0.2) is 35.1 Å². The highest BCUT2D eigenvalue weighted by Gasteiger charge is 2.14. The molecule has 2 aromatic heterocycles. The van der Waals surface area contributed by atoms with Gasteiger partial charge in [-0.1, -0.05) is 16.8 Å². The molecule has 1 aromatic carbocycles. The molecule has 0 aliphatic carbocycles. The maximum atomic E-state index is 5.89. The third-order valence-corrected chi connectivity index (χ3v) is 2.99. The van der Waals surface area contributed by atoms with Crippen molar-refractivity contribution in [1.29, 1.82) is 0 Å². The highest BCUT2D eigenvalue weighted by molar-refractivity contribution is 6.31. The van der Waals surface area contributed by atoms with Gasteiger partial charge in [-0.3, -0.25) is 0 Å². The Balaban J connectivity index is 1.99. The topological polar surface area (TPSA) is 100.0 Å². The van der Waals surface area contributed by atoms with E-state index in [4.69, 9.17) is 26.6 Å². The number of nitrogens with zero attached hydrogens (tertiary/aromatic N) is 4. The Morgan fingerprint density at radius 1 is 1.24 bits per heavy atom. The summed E-state index contributed by atoms with van der Waals surface area (Å²) in [5, 5.41) is 4.42. The fourth-order valence-electron chi connectivity index (χ4n) is 1.74. The second-order valence-electron chi connectivity index (χ2n) is 4.10. The minimum absolute atomic E-state index is 0.289. The summed E-state index contributed by atoms with van der Waals surface area (Å²) in [4.78, 5) is 12.3. The second-order valence-corrected chi connectivity index (χ2v) is 4.54. The normalized spacial score (nSPS) is 10.6. The van der Waals surface area contributed by atoms with Gasteiger partial charge in [0.15, 0.2) is 0 Å². The second kappa shape index (κ2) is 5.37. The number of hydrogen-bond donors (Lipinski definition) is 1. The van der Waals surface area contributed by atoms with Crippen molar-refractivity contribution in [1.82, 2.24) is 20.1 Å². The molecule has 3 rings (SSSR count). The van der Waals surface area contributed by atoms with E-state index in [0.717, 1.165) is 0 Å². The largest absolute Gasteiger partial charge is 0.481 e. The van der Waals surface area contributed by atoms with E-state index in [1.807, 2.05) is 0 Å². The first-order valence-electron chi connectivity index (χ1n) is 5.93. The first-order valence-corrected chi connectivity index (χ1v) is 6.30. The molecule has 0 atom stereocenters. The van der Waals surface area contributed by atoms with Gasteiger partial charge in [-0.2, -0.15) is 4.98 Å². The van der Waals surface area contributed by atoms with Crippen LogP contribution in [-0.4, -0.2) is 27.2 Å². The van der Waals surface area contributed by atoms with Crippen LogP contribution < -0.4 is 10.5 Å². The van der Waals surface area contributed by atoms with E-state index in [1.54, 1.807) is 24.3 Å². The minimum atomic E-state index is 0.289. The molecule has 21 heavy (non-hydrogen) atoms. The maximum absolute atomic E-state index is 5.89. The van der Waals surface area contributed by atoms with E-state index in [2.05, 4.69) is 20.1 Å². The van der Waals surface area contributed by atoms with E-state index >= 15 is 0 Å². The Kier molecular flexibility index (Phi) is 3.41. The number of aromatic nitrogens is 4. The summed E-state index contributed by atoms with van der Waals surface area (Å²) < 4.78 is 10.2. The van der Waals surface area contributed by atoms with Gasteiger partial charge in [-0.05, 0) is 18.2 Å². The average Bonchev–Trinajstić information content (AvgIpc) is 2.97.